The number of nitrogens with zero attached hydrogens (tertiary/aromatic N) is 1. The minimum absolute atomic E-state index is 0.269. The van der Waals surface area contributed by atoms with Gasteiger partial charge in [0, 0.05) is 5.56 Å². The molecule has 0 radical (unpaired) electrons. The number of carbonyl (C=O) groups excluding carboxylic acids is 1. The number of hydrogen-bond donors (Lipinski definition) is 0. The highest BCUT2D eigenvalue weighted by molar-refractivity contribution is 6.06. The lowest BCUT2D eigenvalue weighted by Crippen LogP contribution is -2.12. The second kappa shape index (κ2) is 5.65. The normalized spacial score (nSPS) is 10.9. The summed E-state index contributed by atoms with van der Waals surface area (Å²) in [5, 5.41) is 10.7. The van der Waals surface area contributed by atoms with Gasteiger partial charge < -0.3 is 4.74 Å². The van der Waals surface area contributed by atoms with E-state index in [1.54, 1.807) is 25.1 Å². The van der Waals surface area contributed by atoms with Crippen molar-refractivity contribution in [1.82, 2.24) is 0 Å². The van der Waals surface area contributed by atoms with Gasteiger partial charge in [0.05, 0.1) is 11.5 Å². The molecule has 0 fully saturated rings. The van der Waals surface area contributed by atoms with E-state index in [1.807, 2.05) is 0 Å². The van der Waals surface area contributed by atoms with Crippen LogP contribution in [0.5, 0.6) is 0 Å². The number of carbonyl (C=O) groups is 1. The van der Waals surface area contributed by atoms with Crippen LogP contribution in [0.3, 0.4) is 0 Å². The lowest BCUT2D eigenvalue weighted by Gasteiger charge is -1.99. The first-order valence-corrected chi connectivity index (χ1v) is 4.72. The molecule has 0 N–H and O–H groups in total. The molecule has 1 aromatic rings. The number of Topliss-reactive ketones (excluding diaryl/α,β-unsaturated/α-hetero) is 1. The first-order chi connectivity index (χ1) is 7.66. The molecule has 0 saturated heterocycles. The summed E-state index contributed by atoms with van der Waals surface area (Å²) in [4.78, 5) is 21.6. The van der Waals surface area contributed by atoms with E-state index < -0.39 is 16.4 Å². The zero-order valence-corrected chi connectivity index (χ0v) is 8.75. The van der Waals surface area contributed by atoms with Crippen molar-refractivity contribution >= 4 is 5.78 Å². The minimum Gasteiger partial charge on any atom is -0.494 e. The molecule has 5 nitrogen and oxygen atoms in total. The Bertz CT molecular complexity index is 411. The van der Waals surface area contributed by atoms with Crippen LogP contribution < -0.4 is 0 Å². The Hall–Kier alpha value is -2.17. The summed E-state index contributed by atoms with van der Waals surface area (Å²) in [5.41, 5.74) is -0.293. The average Bonchev–Trinajstić information content (AvgIpc) is 2.30. The van der Waals surface area contributed by atoms with Crippen molar-refractivity contribution in [2.24, 2.45) is 0 Å². The van der Waals surface area contributed by atoms with Crippen LogP contribution in [0.2, 0.25) is 0 Å². The van der Waals surface area contributed by atoms with Crippen LogP contribution in [0.15, 0.2) is 42.3 Å². The molecule has 0 spiro atoms. The van der Waals surface area contributed by atoms with Gasteiger partial charge in [-0.1, -0.05) is 30.3 Å². The molecular formula is C11H11NO4. The Morgan fingerprint density at radius 1 is 1.44 bits per heavy atom. The van der Waals surface area contributed by atoms with E-state index >= 15 is 0 Å². The van der Waals surface area contributed by atoms with Crippen LogP contribution in [0, 0.1) is 10.1 Å². The number of ether oxygens (including phenoxy) is 1. The number of benzene rings is 1. The molecule has 0 aliphatic heterocycles. The predicted octanol–water partition coefficient (Wildman–Crippen LogP) is 2.02. The number of allylic oxidation sites excluding steroid dienone is 1. The largest absolute Gasteiger partial charge is 0.494 e. The van der Waals surface area contributed by atoms with Crippen LogP contribution in [-0.2, 0) is 4.74 Å². The van der Waals surface area contributed by atoms with Crippen LogP contribution >= 0.6 is 0 Å². The van der Waals surface area contributed by atoms with Gasteiger partial charge in [0.2, 0.25) is 0 Å². The fourth-order valence-electron chi connectivity index (χ4n) is 1.08. The maximum absolute atomic E-state index is 11.7. The fraction of sp³-hybridized carbons (Fsp3) is 0.182. The van der Waals surface area contributed by atoms with Gasteiger partial charge in [0.25, 0.3) is 5.78 Å². The fourth-order valence-corrected chi connectivity index (χ4v) is 1.08. The summed E-state index contributed by atoms with van der Waals surface area (Å²) < 4.78 is 4.78. The quantitative estimate of drug-likeness (QED) is 0.251. The molecule has 16 heavy (non-hydrogen) atoms. The van der Waals surface area contributed by atoms with Crippen molar-refractivity contribution in [2.75, 3.05) is 6.61 Å². The monoisotopic (exact) mass is 221 g/mol. The zero-order chi connectivity index (χ0) is 12.0. The number of rotatable bonds is 5. The summed E-state index contributed by atoms with van der Waals surface area (Å²) in [6.07, 6.45) is 0.884. The van der Waals surface area contributed by atoms with E-state index in [9.17, 15) is 14.9 Å². The molecule has 0 aromatic heterocycles. The van der Waals surface area contributed by atoms with Crippen LogP contribution in [0.4, 0.5) is 0 Å². The molecule has 0 bridgehead atoms. The minimum atomic E-state index is -0.745. The van der Waals surface area contributed by atoms with E-state index in [0.29, 0.717) is 0 Å². The van der Waals surface area contributed by atoms with Crippen molar-refractivity contribution in [3.8, 4) is 0 Å². The van der Waals surface area contributed by atoms with Gasteiger partial charge >= 0.3 is 5.70 Å². The third-order valence-corrected chi connectivity index (χ3v) is 1.83. The van der Waals surface area contributed by atoms with Crippen molar-refractivity contribution in [3.63, 3.8) is 0 Å². The molecule has 0 aliphatic rings. The topological polar surface area (TPSA) is 69.4 Å². The van der Waals surface area contributed by atoms with Gasteiger partial charge in [-0.05, 0) is 6.92 Å². The van der Waals surface area contributed by atoms with Gasteiger partial charge in [-0.25, -0.2) is 0 Å². The van der Waals surface area contributed by atoms with E-state index in [0.717, 1.165) is 6.26 Å². The second-order valence-electron chi connectivity index (χ2n) is 2.91. The van der Waals surface area contributed by atoms with Crippen molar-refractivity contribution in [3.05, 3.63) is 58.0 Å². The molecule has 0 heterocycles. The molecule has 0 aliphatic carbocycles. The molecule has 0 amide bonds. The maximum atomic E-state index is 11.7. The first-order valence-electron chi connectivity index (χ1n) is 4.72. The predicted molar refractivity (Wildman–Crippen MR) is 57.5 cm³/mol. The molecular weight excluding hydrogens is 210 g/mol. The van der Waals surface area contributed by atoms with Crippen molar-refractivity contribution < 1.29 is 14.5 Å². The number of nitro groups is 1. The molecule has 1 aromatic carbocycles. The Labute approximate surface area is 92.5 Å². The van der Waals surface area contributed by atoms with E-state index in [4.69, 9.17) is 4.74 Å². The van der Waals surface area contributed by atoms with Gasteiger partial charge in [0.1, 0.15) is 0 Å². The molecule has 0 unspecified atom stereocenters. The van der Waals surface area contributed by atoms with Crippen molar-refractivity contribution in [2.45, 2.75) is 6.92 Å². The van der Waals surface area contributed by atoms with Crippen LogP contribution in [-0.4, -0.2) is 17.3 Å². The SMILES string of the molecule is CCO/C=C(/C(=O)c1ccccc1)[N+](=O)[O-]. The Morgan fingerprint density at radius 2 is 2.06 bits per heavy atom. The lowest BCUT2D eigenvalue weighted by atomic mass is 10.1. The molecule has 0 saturated carbocycles. The average molecular weight is 221 g/mol. The molecule has 5 heteroatoms. The van der Waals surface area contributed by atoms with Crippen LogP contribution in [0.1, 0.15) is 17.3 Å². The van der Waals surface area contributed by atoms with Crippen molar-refractivity contribution in [1.29, 1.82) is 0 Å². The van der Waals surface area contributed by atoms with Gasteiger partial charge in [-0.2, -0.15) is 0 Å². The summed E-state index contributed by atoms with van der Waals surface area (Å²) in [6, 6.07) is 8.06. The lowest BCUT2D eigenvalue weighted by molar-refractivity contribution is -0.418. The molecule has 1 rings (SSSR count). The highest BCUT2D eigenvalue weighted by atomic mass is 16.6. The third kappa shape index (κ3) is 2.91. The second-order valence-corrected chi connectivity index (χ2v) is 2.91. The van der Waals surface area contributed by atoms with Gasteiger partial charge in [-0.15, -0.1) is 0 Å². The molecule has 84 valence electrons. The smallest absolute Gasteiger partial charge is 0.350 e. The highest BCUT2D eigenvalue weighted by Crippen LogP contribution is 2.08. The number of hydrogen-bond acceptors (Lipinski definition) is 4. The number of ketones is 1. The standard InChI is InChI=1S/C11H11NO4/c1-2-16-8-10(12(14)15)11(13)9-6-4-3-5-7-9/h3-8H,2H2,1H3/b10-8-. The van der Waals surface area contributed by atoms with Gasteiger partial charge in [0.15, 0.2) is 6.26 Å². The van der Waals surface area contributed by atoms with E-state index in [-0.39, 0.29) is 12.2 Å². The zero-order valence-electron chi connectivity index (χ0n) is 8.75. The summed E-state index contributed by atoms with van der Waals surface area (Å²) in [7, 11) is 0. The van der Waals surface area contributed by atoms with E-state index in [2.05, 4.69) is 0 Å². The first kappa shape index (κ1) is 11.9. The highest BCUT2D eigenvalue weighted by Gasteiger charge is 2.23. The third-order valence-electron chi connectivity index (χ3n) is 1.83. The van der Waals surface area contributed by atoms with Crippen LogP contribution in [0.25, 0.3) is 0 Å². The summed E-state index contributed by atoms with van der Waals surface area (Å²) >= 11 is 0. The maximum Gasteiger partial charge on any atom is 0.350 e. The van der Waals surface area contributed by atoms with E-state index in [1.165, 1.54) is 12.1 Å². The Kier molecular flexibility index (Phi) is 4.20. The molecule has 0 atom stereocenters. The summed E-state index contributed by atoms with van der Waals surface area (Å²) in [6.45, 7) is 1.96. The Balaban J connectivity index is 2.97. The Morgan fingerprint density at radius 3 is 2.56 bits per heavy atom. The summed E-state index contributed by atoms with van der Waals surface area (Å²) in [5.74, 6) is -0.654. The van der Waals surface area contributed by atoms with Gasteiger partial charge in [-0.3, -0.25) is 14.9 Å².